The summed E-state index contributed by atoms with van der Waals surface area (Å²) in [6.45, 7) is 1.97. The first kappa shape index (κ1) is 12.3. The Kier molecular flexibility index (Phi) is 3.91. The van der Waals surface area contributed by atoms with Crippen molar-refractivity contribution in [2.24, 2.45) is 0 Å². The number of aromatic nitrogens is 2. The van der Waals surface area contributed by atoms with Gasteiger partial charge < -0.3 is 10.2 Å². The van der Waals surface area contributed by atoms with Crippen LogP contribution in [0.4, 0.5) is 5.69 Å². The van der Waals surface area contributed by atoms with Gasteiger partial charge in [0.1, 0.15) is 0 Å². The second kappa shape index (κ2) is 5.42. The normalized spacial score (nSPS) is 10.7. The smallest absolute Gasteiger partial charge is 0.226 e. The number of nitrogen functional groups attached to an aromatic ring is 1. The molecule has 0 spiro atoms. The molecule has 0 aliphatic heterocycles. The number of hydrogen-bond donors (Lipinski definition) is 1. The zero-order chi connectivity index (χ0) is 12.3. The minimum Gasteiger partial charge on any atom is -0.424 e. The number of nitrogens with zero attached hydrogens (tertiary/aromatic N) is 2. The van der Waals surface area contributed by atoms with Crippen molar-refractivity contribution < 1.29 is 4.42 Å². The fourth-order valence-corrected chi connectivity index (χ4v) is 2.37. The molecule has 1 aromatic carbocycles. The maximum Gasteiger partial charge on any atom is 0.226 e. The van der Waals surface area contributed by atoms with Gasteiger partial charge in [-0.2, -0.15) is 0 Å². The maximum atomic E-state index is 6.06. The number of hydrogen-bond acceptors (Lipinski definition) is 5. The lowest BCUT2D eigenvalue weighted by Crippen LogP contribution is -1.85. The third-order valence-electron chi connectivity index (χ3n) is 2.12. The van der Waals surface area contributed by atoms with Crippen LogP contribution in [0.1, 0.15) is 18.7 Å². The molecule has 1 heterocycles. The van der Waals surface area contributed by atoms with Crippen molar-refractivity contribution in [2.45, 2.75) is 24.0 Å². The Labute approximate surface area is 109 Å². The molecule has 0 radical (unpaired) electrons. The van der Waals surface area contributed by atoms with E-state index in [0.717, 1.165) is 11.3 Å². The second-order valence-corrected chi connectivity index (χ2v) is 4.85. The number of halogens is 1. The lowest BCUT2D eigenvalue weighted by atomic mass is 10.3. The van der Waals surface area contributed by atoms with Crippen LogP contribution in [-0.2, 0) is 12.2 Å². The fourth-order valence-electron chi connectivity index (χ4n) is 1.26. The van der Waals surface area contributed by atoms with Crippen molar-refractivity contribution in [3.63, 3.8) is 0 Å². The van der Waals surface area contributed by atoms with Gasteiger partial charge in [0.05, 0.1) is 10.8 Å². The molecule has 4 nitrogen and oxygen atoms in total. The molecule has 2 N–H and O–H groups in total. The fraction of sp³-hybridized carbons (Fsp3) is 0.273. The molecule has 0 amide bonds. The Morgan fingerprint density at radius 2 is 2.12 bits per heavy atom. The van der Waals surface area contributed by atoms with Crippen LogP contribution in [0.2, 0.25) is 5.02 Å². The predicted octanol–water partition coefficient (Wildman–Crippen LogP) is 3.16. The Morgan fingerprint density at radius 1 is 1.35 bits per heavy atom. The molecule has 17 heavy (non-hydrogen) atoms. The molecule has 6 heteroatoms. The van der Waals surface area contributed by atoms with Crippen molar-refractivity contribution >= 4 is 29.1 Å². The molecule has 2 aromatic rings. The summed E-state index contributed by atoms with van der Waals surface area (Å²) in [7, 11) is 0. The average Bonchev–Trinajstić information content (AvgIpc) is 2.76. The van der Waals surface area contributed by atoms with Crippen LogP contribution in [0.25, 0.3) is 0 Å². The topological polar surface area (TPSA) is 64.9 Å². The van der Waals surface area contributed by atoms with E-state index in [1.165, 1.54) is 0 Å². The number of thioether (sulfide) groups is 1. The van der Waals surface area contributed by atoms with Crippen LogP contribution in [0.3, 0.4) is 0 Å². The zero-order valence-corrected chi connectivity index (χ0v) is 10.9. The predicted molar refractivity (Wildman–Crippen MR) is 69.1 cm³/mol. The molecule has 90 valence electrons. The summed E-state index contributed by atoms with van der Waals surface area (Å²) in [6, 6.07) is 5.44. The summed E-state index contributed by atoms with van der Waals surface area (Å²) in [6.07, 6.45) is 0.750. The highest BCUT2D eigenvalue weighted by molar-refractivity contribution is 7.98. The van der Waals surface area contributed by atoms with E-state index in [-0.39, 0.29) is 0 Å². The summed E-state index contributed by atoms with van der Waals surface area (Å²) in [4.78, 5) is 0.956. The Bertz CT molecular complexity index is 515. The van der Waals surface area contributed by atoms with Gasteiger partial charge in [-0.3, -0.25) is 0 Å². The SMILES string of the molecule is CCc1nnc(CSc2ccc(N)cc2Cl)o1. The summed E-state index contributed by atoms with van der Waals surface area (Å²) in [5.74, 6) is 1.88. The van der Waals surface area contributed by atoms with E-state index in [4.69, 9.17) is 21.8 Å². The third kappa shape index (κ3) is 3.14. The molecule has 0 bridgehead atoms. The minimum absolute atomic E-state index is 0.608. The second-order valence-electron chi connectivity index (χ2n) is 3.42. The maximum absolute atomic E-state index is 6.06. The quantitative estimate of drug-likeness (QED) is 0.682. The number of nitrogens with two attached hydrogens (primary N) is 1. The van der Waals surface area contributed by atoms with Crippen LogP contribution in [0, 0.1) is 0 Å². The standard InChI is InChI=1S/C11H12ClN3OS/c1-2-10-14-15-11(16-10)6-17-9-4-3-7(13)5-8(9)12/h3-5H,2,6,13H2,1H3. The third-order valence-corrected chi connectivity index (χ3v) is 3.60. The van der Waals surface area contributed by atoms with Gasteiger partial charge in [0.2, 0.25) is 11.8 Å². The first-order valence-corrected chi connectivity index (χ1v) is 6.54. The average molecular weight is 270 g/mol. The van der Waals surface area contributed by atoms with Crippen molar-refractivity contribution in [3.05, 3.63) is 35.0 Å². The van der Waals surface area contributed by atoms with Crippen LogP contribution in [0.5, 0.6) is 0 Å². The van der Waals surface area contributed by atoms with E-state index in [1.807, 2.05) is 19.1 Å². The van der Waals surface area contributed by atoms with Gasteiger partial charge in [0.25, 0.3) is 0 Å². The molecule has 0 saturated heterocycles. The van der Waals surface area contributed by atoms with Gasteiger partial charge in [0, 0.05) is 17.0 Å². The number of aryl methyl sites for hydroxylation is 1. The number of anilines is 1. The lowest BCUT2D eigenvalue weighted by Gasteiger charge is -2.02. The zero-order valence-electron chi connectivity index (χ0n) is 9.31. The highest BCUT2D eigenvalue weighted by Gasteiger charge is 2.07. The van der Waals surface area contributed by atoms with Crippen LogP contribution in [0.15, 0.2) is 27.5 Å². The van der Waals surface area contributed by atoms with E-state index >= 15 is 0 Å². The molecule has 0 saturated carbocycles. The molecular formula is C11H12ClN3OS. The van der Waals surface area contributed by atoms with Gasteiger partial charge in [0.15, 0.2) is 0 Å². The molecule has 0 aliphatic carbocycles. The van der Waals surface area contributed by atoms with E-state index in [2.05, 4.69) is 10.2 Å². The van der Waals surface area contributed by atoms with Gasteiger partial charge in [-0.05, 0) is 18.2 Å². The highest BCUT2D eigenvalue weighted by Crippen LogP contribution is 2.30. The highest BCUT2D eigenvalue weighted by atomic mass is 35.5. The van der Waals surface area contributed by atoms with E-state index in [0.29, 0.717) is 28.2 Å². The number of benzene rings is 1. The van der Waals surface area contributed by atoms with Crippen molar-refractivity contribution in [1.29, 1.82) is 0 Å². The van der Waals surface area contributed by atoms with Gasteiger partial charge in [-0.25, -0.2) is 0 Å². The molecule has 0 unspecified atom stereocenters. The first-order chi connectivity index (χ1) is 8.19. The first-order valence-electron chi connectivity index (χ1n) is 5.18. The van der Waals surface area contributed by atoms with E-state index in [9.17, 15) is 0 Å². The van der Waals surface area contributed by atoms with Crippen molar-refractivity contribution in [2.75, 3.05) is 5.73 Å². The molecule has 0 aliphatic rings. The molecule has 0 fully saturated rings. The van der Waals surface area contributed by atoms with Gasteiger partial charge >= 0.3 is 0 Å². The van der Waals surface area contributed by atoms with Crippen molar-refractivity contribution in [1.82, 2.24) is 10.2 Å². The van der Waals surface area contributed by atoms with Gasteiger partial charge in [-0.15, -0.1) is 22.0 Å². The minimum atomic E-state index is 0.608. The summed E-state index contributed by atoms with van der Waals surface area (Å²) >= 11 is 7.61. The van der Waals surface area contributed by atoms with Crippen LogP contribution >= 0.6 is 23.4 Å². The van der Waals surface area contributed by atoms with Crippen LogP contribution in [-0.4, -0.2) is 10.2 Å². The Hall–Kier alpha value is -1.20. The van der Waals surface area contributed by atoms with E-state index < -0.39 is 0 Å². The molecular weight excluding hydrogens is 258 g/mol. The summed E-state index contributed by atoms with van der Waals surface area (Å²) < 4.78 is 5.41. The summed E-state index contributed by atoms with van der Waals surface area (Å²) in [5.41, 5.74) is 6.28. The molecule has 2 rings (SSSR count). The Balaban J connectivity index is 2.02. The lowest BCUT2D eigenvalue weighted by molar-refractivity contribution is 0.470. The molecule has 1 aromatic heterocycles. The van der Waals surface area contributed by atoms with Crippen LogP contribution < -0.4 is 5.73 Å². The monoisotopic (exact) mass is 269 g/mol. The largest absolute Gasteiger partial charge is 0.424 e. The van der Waals surface area contributed by atoms with Gasteiger partial charge in [-0.1, -0.05) is 18.5 Å². The summed E-state index contributed by atoms with van der Waals surface area (Å²) in [5, 5.41) is 8.49. The Morgan fingerprint density at radius 3 is 2.76 bits per heavy atom. The van der Waals surface area contributed by atoms with E-state index in [1.54, 1.807) is 17.8 Å². The van der Waals surface area contributed by atoms with Crippen molar-refractivity contribution in [3.8, 4) is 0 Å². The number of rotatable bonds is 4. The molecule has 0 atom stereocenters.